The maximum Gasteiger partial charge on any atom is 0.135 e. The van der Waals surface area contributed by atoms with Crippen molar-refractivity contribution in [3.8, 4) is 28.0 Å². The third kappa shape index (κ3) is 3.28. The van der Waals surface area contributed by atoms with E-state index in [2.05, 4.69) is 103 Å². The standard InChI is InChI=1S/C31H23NO/c1-21-9-5-10-23(19-21)24-11-6-12-25(20-24)32-18-8-17-29-22(2)31-27(14-7-15-28(31)32)26-13-3-4-16-30(26)33-29/h3-20H,2H2,1H3/b18-8-,29-17+. The van der Waals surface area contributed by atoms with Gasteiger partial charge in [0.1, 0.15) is 11.5 Å². The monoisotopic (exact) mass is 425 g/mol. The molecule has 0 amide bonds. The first-order chi connectivity index (χ1) is 16.2. The first-order valence-corrected chi connectivity index (χ1v) is 11.1. The van der Waals surface area contributed by atoms with E-state index in [9.17, 15) is 0 Å². The maximum atomic E-state index is 6.30. The molecule has 0 saturated carbocycles. The lowest BCUT2D eigenvalue weighted by atomic mass is 9.92. The van der Waals surface area contributed by atoms with Gasteiger partial charge in [-0.05, 0) is 60.0 Å². The number of fused-ring (bicyclic) bond motifs is 3. The lowest BCUT2D eigenvalue weighted by Crippen LogP contribution is -2.13. The predicted octanol–water partition coefficient (Wildman–Crippen LogP) is 8.28. The normalized spacial score (nSPS) is 16.5. The van der Waals surface area contributed by atoms with Gasteiger partial charge in [-0.15, -0.1) is 0 Å². The van der Waals surface area contributed by atoms with Gasteiger partial charge in [0.25, 0.3) is 0 Å². The highest BCUT2D eigenvalue weighted by Gasteiger charge is 2.26. The number of ether oxygens (including phenoxy) is 1. The zero-order valence-corrected chi connectivity index (χ0v) is 18.5. The molecule has 0 fully saturated rings. The predicted molar refractivity (Wildman–Crippen MR) is 138 cm³/mol. The number of aryl methyl sites for hydroxylation is 1. The van der Waals surface area contributed by atoms with Gasteiger partial charge in [-0.25, -0.2) is 0 Å². The van der Waals surface area contributed by atoms with Crippen LogP contribution >= 0.6 is 0 Å². The molecule has 0 spiro atoms. The third-order valence-corrected chi connectivity index (χ3v) is 6.26. The summed E-state index contributed by atoms with van der Waals surface area (Å²) in [6.07, 6.45) is 6.13. The van der Waals surface area contributed by atoms with Crippen LogP contribution in [0.2, 0.25) is 0 Å². The molecular weight excluding hydrogens is 402 g/mol. The molecular formula is C31H23NO. The fraction of sp³-hybridized carbons (Fsp3) is 0.0323. The molecule has 0 N–H and O–H groups in total. The largest absolute Gasteiger partial charge is 0.456 e. The van der Waals surface area contributed by atoms with Gasteiger partial charge in [-0.1, -0.05) is 78.9 Å². The molecule has 158 valence electrons. The van der Waals surface area contributed by atoms with Gasteiger partial charge in [-0.2, -0.15) is 0 Å². The Kier molecular flexibility index (Phi) is 4.51. The average Bonchev–Trinajstić information content (AvgIpc) is 2.97. The van der Waals surface area contributed by atoms with E-state index >= 15 is 0 Å². The lowest BCUT2D eigenvalue weighted by molar-refractivity contribution is 0.453. The molecule has 4 aromatic carbocycles. The van der Waals surface area contributed by atoms with Gasteiger partial charge in [0.15, 0.2) is 0 Å². The van der Waals surface area contributed by atoms with Crippen LogP contribution in [0.15, 0.2) is 122 Å². The number of rotatable bonds is 2. The Hall–Kier alpha value is -4.30. The van der Waals surface area contributed by atoms with E-state index in [1.807, 2.05) is 24.3 Å². The van der Waals surface area contributed by atoms with Crippen molar-refractivity contribution < 1.29 is 4.74 Å². The molecule has 0 aromatic heterocycles. The third-order valence-electron chi connectivity index (χ3n) is 6.26. The van der Waals surface area contributed by atoms with Crippen molar-refractivity contribution in [3.05, 3.63) is 133 Å². The van der Waals surface area contributed by atoms with Crippen molar-refractivity contribution in [1.82, 2.24) is 0 Å². The molecule has 0 atom stereocenters. The smallest absolute Gasteiger partial charge is 0.135 e. The Morgan fingerprint density at radius 2 is 1.52 bits per heavy atom. The van der Waals surface area contributed by atoms with Crippen LogP contribution in [0.25, 0.3) is 27.8 Å². The number of benzene rings is 4. The van der Waals surface area contributed by atoms with Gasteiger partial charge in [-0.3, -0.25) is 0 Å². The fourth-order valence-electron chi connectivity index (χ4n) is 4.68. The van der Waals surface area contributed by atoms with Gasteiger partial charge >= 0.3 is 0 Å². The van der Waals surface area contributed by atoms with E-state index in [1.165, 1.54) is 16.7 Å². The summed E-state index contributed by atoms with van der Waals surface area (Å²) in [6, 6.07) is 31.9. The first kappa shape index (κ1) is 19.4. The van der Waals surface area contributed by atoms with Crippen LogP contribution in [0.1, 0.15) is 11.1 Å². The van der Waals surface area contributed by atoms with Crippen LogP contribution in [0.4, 0.5) is 11.4 Å². The highest BCUT2D eigenvalue weighted by molar-refractivity contribution is 5.98. The summed E-state index contributed by atoms with van der Waals surface area (Å²) < 4.78 is 6.30. The van der Waals surface area contributed by atoms with E-state index < -0.39 is 0 Å². The van der Waals surface area contributed by atoms with Crippen molar-refractivity contribution in [1.29, 1.82) is 0 Å². The second kappa shape index (κ2) is 7.68. The zero-order valence-electron chi connectivity index (χ0n) is 18.5. The van der Waals surface area contributed by atoms with Gasteiger partial charge in [0, 0.05) is 28.6 Å². The average molecular weight is 426 g/mol. The molecule has 0 aliphatic carbocycles. The molecule has 33 heavy (non-hydrogen) atoms. The first-order valence-electron chi connectivity index (χ1n) is 11.1. The van der Waals surface area contributed by atoms with E-state index in [1.54, 1.807) is 0 Å². The van der Waals surface area contributed by atoms with Gasteiger partial charge in [0.05, 0.1) is 5.69 Å². The highest BCUT2D eigenvalue weighted by Crippen LogP contribution is 2.47. The van der Waals surface area contributed by atoms with Crippen LogP contribution < -0.4 is 9.64 Å². The topological polar surface area (TPSA) is 12.5 Å². The summed E-state index contributed by atoms with van der Waals surface area (Å²) in [4.78, 5) is 2.24. The SMILES string of the molecule is C=C1/C2=C\C=C/N(c3cccc(-c4cccc(C)c4)c3)c3cccc(c31)-c1ccccc1O2. The number of nitrogens with zero attached hydrogens (tertiary/aromatic N) is 1. The summed E-state index contributed by atoms with van der Waals surface area (Å²) in [5, 5.41) is 0. The maximum absolute atomic E-state index is 6.30. The lowest BCUT2D eigenvalue weighted by Gasteiger charge is -2.27. The highest BCUT2D eigenvalue weighted by atomic mass is 16.5. The number of hydrogen-bond acceptors (Lipinski definition) is 2. The van der Waals surface area contributed by atoms with E-state index in [0.717, 1.165) is 45.1 Å². The Balaban J connectivity index is 1.56. The van der Waals surface area contributed by atoms with Crippen molar-refractivity contribution in [2.75, 3.05) is 4.90 Å². The molecule has 4 aromatic rings. The van der Waals surface area contributed by atoms with Crippen molar-refractivity contribution in [2.45, 2.75) is 6.92 Å². The van der Waals surface area contributed by atoms with Crippen LogP contribution in [0, 0.1) is 6.92 Å². The van der Waals surface area contributed by atoms with Gasteiger partial charge < -0.3 is 9.64 Å². The Morgan fingerprint density at radius 3 is 2.39 bits per heavy atom. The molecule has 2 bridgehead atoms. The molecule has 2 aliphatic heterocycles. The zero-order chi connectivity index (χ0) is 22.4. The minimum atomic E-state index is 0.776. The second-order valence-corrected chi connectivity index (χ2v) is 8.44. The van der Waals surface area contributed by atoms with Crippen LogP contribution in [-0.2, 0) is 0 Å². The molecule has 2 aliphatic rings. The number of para-hydroxylation sites is 1. The summed E-state index contributed by atoms with van der Waals surface area (Å²) in [7, 11) is 0. The fourth-order valence-corrected chi connectivity index (χ4v) is 4.68. The van der Waals surface area contributed by atoms with Crippen molar-refractivity contribution >= 4 is 16.9 Å². The molecule has 2 heteroatoms. The molecule has 0 unspecified atom stereocenters. The van der Waals surface area contributed by atoms with Crippen LogP contribution in [-0.4, -0.2) is 0 Å². The van der Waals surface area contributed by atoms with E-state index in [-0.39, 0.29) is 0 Å². The molecule has 0 radical (unpaired) electrons. The van der Waals surface area contributed by atoms with Crippen molar-refractivity contribution in [2.24, 2.45) is 0 Å². The summed E-state index contributed by atoms with van der Waals surface area (Å²) in [6.45, 7) is 6.57. The molecule has 2 nitrogen and oxygen atoms in total. The van der Waals surface area contributed by atoms with E-state index in [4.69, 9.17) is 4.74 Å². The molecule has 6 rings (SSSR count). The number of hydrogen-bond donors (Lipinski definition) is 0. The Labute approximate surface area is 194 Å². The van der Waals surface area contributed by atoms with Gasteiger partial charge in [0.2, 0.25) is 0 Å². The number of allylic oxidation sites excluding steroid dienone is 3. The minimum absolute atomic E-state index is 0.776. The van der Waals surface area contributed by atoms with E-state index in [0.29, 0.717) is 0 Å². The molecule has 2 heterocycles. The Bertz CT molecular complexity index is 1470. The quantitative estimate of drug-likeness (QED) is 0.320. The number of anilines is 2. The van der Waals surface area contributed by atoms with Crippen molar-refractivity contribution in [3.63, 3.8) is 0 Å². The second-order valence-electron chi connectivity index (χ2n) is 8.44. The van der Waals surface area contributed by atoms with Crippen LogP contribution in [0.3, 0.4) is 0 Å². The summed E-state index contributed by atoms with van der Waals surface area (Å²) in [5.74, 6) is 1.63. The summed E-state index contributed by atoms with van der Waals surface area (Å²) in [5.41, 5.74) is 10.0. The summed E-state index contributed by atoms with van der Waals surface area (Å²) >= 11 is 0. The molecule has 0 saturated heterocycles. The minimum Gasteiger partial charge on any atom is -0.456 e. The van der Waals surface area contributed by atoms with Crippen LogP contribution in [0.5, 0.6) is 5.75 Å². The Morgan fingerprint density at radius 1 is 0.758 bits per heavy atom.